The molecule has 1 aliphatic rings. The van der Waals surface area contributed by atoms with Crippen molar-refractivity contribution < 1.29 is 9.59 Å². The molecular formula is C16H13ClN2O2S. The number of halogens is 1. The summed E-state index contributed by atoms with van der Waals surface area (Å²) in [5.74, 6) is -0.277. The van der Waals surface area contributed by atoms with E-state index in [9.17, 15) is 9.59 Å². The van der Waals surface area contributed by atoms with Gasteiger partial charge in [-0.1, -0.05) is 35.9 Å². The molecule has 3 rings (SSSR count). The third-order valence-electron chi connectivity index (χ3n) is 3.41. The van der Waals surface area contributed by atoms with Crippen molar-refractivity contribution in [3.05, 3.63) is 59.1 Å². The lowest BCUT2D eigenvalue weighted by Crippen LogP contribution is -2.34. The van der Waals surface area contributed by atoms with Gasteiger partial charge in [-0.25, -0.2) is 4.90 Å². The van der Waals surface area contributed by atoms with Crippen molar-refractivity contribution in [2.24, 2.45) is 0 Å². The van der Waals surface area contributed by atoms with E-state index >= 15 is 0 Å². The number of anilines is 2. The lowest BCUT2D eigenvalue weighted by atomic mass is 10.2. The van der Waals surface area contributed by atoms with Gasteiger partial charge in [-0.3, -0.25) is 9.59 Å². The summed E-state index contributed by atoms with van der Waals surface area (Å²) in [6, 6.07) is 14.3. The summed E-state index contributed by atoms with van der Waals surface area (Å²) < 4.78 is 0. The van der Waals surface area contributed by atoms with Crippen LogP contribution in [0.5, 0.6) is 0 Å². The maximum absolute atomic E-state index is 12.5. The third-order valence-corrected chi connectivity index (χ3v) is 4.76. The van der Waals surface area contributed by atoms with E-state index in [1.54, 1.807) is 36.4 Å². The smallest absolute Gasteiger partial charge is 0.295 e. The van der Waals surface area contributed by atoms with E-state index in [0.29, 0.717) is 10.7 Å². The molecule has 6 heteroatoms. The Morgan fingerprint density at radius 1 is 1.09 bits per heavy atom. The Bertz CT molecular complexity index is 736. The Balaban J connectivity index is 1.84. The molecule has 0 radical (unpaired) electrons. The van der Waals surface area contributed by atoms with E-state index in [1.165, 1.54) is 4.90 Å². The molecule has 1 atom stereocenters. The fourth-order valence-electron chi connectivity index (χ4n) is 2.22. The standard InChI is InChI=1S/C16H13ClN2O2S/c1-10-12(17)8-5-9-13(10)18-14-15(20)19(16(21)22-14)11-6-3-2-4-7-11/h2-9,14,18H,1H3/t14-/m1/s1. The molecule has 2 aromatic rings. The van der Waals surface area contributed by atoms with Crippen LogP contribution < -0.4 is 10.2 Å². The van der Waals surface area contributed by atoms with Gasteiger partial charge in [-0.15, -0.1) is 0 Å². The fraction of sp³-hybridized carbons (Fsp3) is 0.125. The predicted molar refractivity (Wildman–Crippen MR) is 90.5 cm³/mol. The van der Waals surface area contributed by atoms with Crippen molar-refractivity contribution in [2.45, 2.75) is 12.3 Å². The van der Waals surface area contributed by atoms with Crippen LogP contribution in [-0.4, -0.2) is 16.5 Å². The van der Waals surface area contributed by atoms with E-state index in [0.717, 1.165) is 23.0 Å². The first-order valence-corrected chi connectivity index (χ1v) is 7.95. The van der Waals surface area contributed by atoms with Crippen molar-refractivity contribution in [1.29, 1.82) is 0 Å². The summed E-state index contributed by atoms with van der Waals surface area (Å²) in [6.45, 7) is 1.87. The number of hydrogen-bond donors (Lipinski definition) is 1. The SMILES string of the molecule is Cc1c(Cl)cccc1N[C@@H]1SC(=O)N(c2ccccc2)C1=O. The molecule has 1 aliphatic heterocycles. The van der Waals surface area contributed by atoms with Gasteiger partial charge in [0.05, 0.1) is 5.69 Å². The van der Waals surface area contributed by atoms with Gasteiger partial charge in [-0.2, -0.15) is 0 Å². The number of amides is 2. The largest absolute Gasteiger partial charge is 0.365 e. The van der Waals surface area contributed by atoms with Crippen molar-refractivity contribution in [2.75, 3.05) is 10.2 Å². The predicted octanol–water partition coefficient (Wildman–Crippen LogP) is 4.29. The molecule has 0 spiro atoms. The summed E-state index contributed by atoms with van der Waals surface area (Å²) >= 11 is 7.05. The van der Waals surface area contributed by atoms with Gasteiger partial charge in [0, 0.05) is 10.7 Å². The number of para-hydroxylation sites is 1. The molecule has 22 heavy (non-hydrogen) atoms. The summed E-state index contributed by atoms with van der Waals surface area (Å²) in [7, 11) is 0. The van der Waals surface area contributed by atoms with E-state index in [1.807, 2.05) is 19.1 Å². The zero-order valence-electron chi connectivity index (χ0n) is 11.7. The Morgan fingerprint density at radius 2 is 1.82 bits per heavy atom. The van der Waals surface area contributed by atoms with Crippen LogP contribution in [0.25, 0.3) is 0 Å². The van der Waals surface area contributed by atoms with Crippen LogP contribution in [0.3, 0.4) is 0 Å². The molecule has 0 aliphatic carbocycles. The number of nitrogens with zero attached hydrogens (tertiary/aromatic N) is 1. The molecule has 2 aromatic carbocycles. The number of thioether (sulfide) groups is 1. The second kappa shape index (κ2) is 6.02. The summed E-state index contributed by atoms with van der Waals surface area (Å²) in [5, 5.41) is 2.78. The van der Waals surface area contributed by atoms with Crippen LogP contribution in [-0.2, 0) is 4.79 Å². The molecule has 2 amide bonds. The average Bonchev–Trinajstić information content (AvgIpc) is 2.79. The summed E-state index contributed by atoms with van der Waals surface area (Å²) in [6.07, 6.45) is 0. The summed E-state index contributed by atoms with van der Waals surface area (Å²) in [5.41, 5.74) is 2.18. The molecular weight excluding hydrogens is 320 g/mol. The van der Waals surface area contributed by atoms with E-state index in [-0.39, 0.29) is 11.1 Å². The molecule has 0 aromatic heterocycles. The molecule has 1 saturated heterocycles. The van der Waals surface area contributed by atoms with E-state index < -0.39 is 5.37 Å². The molecule has 4 nitrogen and oxygen atoms in total. The minimum atomic E-state index is -0.648. The second-order valence-electron chi connectivity index (χ2n) is 4.83. The number of rotatable bonds is 3. The Kier molecular flexibility index (Phi) is 4.09. The van der Waals surface area contributed by atoms with Crippen LogP contribution in [0.4, 0.5) is 16.2 Å². The maximum atomic E-state index is 12.5. The molecule has 1 fully saturated rings. The Morgan fingerprint density at radius 3 is 2.55 bits per heavy atom. The van der Waals surface area contributed by atoms with Crippen molar-refractivity contribution in [3.63, 3.8) is 0 Å². The monoisotopic (exact) mass is 332 g/mol. The molecule has 1 N–H and O–H groups in total. The van der Waals surface area contributed by atoms with E-state index in [4.69, 9.17) is 11.6 Å². The molecule has 0 unspecified atom stereocenters. The third kappa shape index (κ3) is 2.69. The van der Waals surface area contributed by atoms with Crippen molar-refractivity contribution in [3.8, 4) is 0 Å². The molecule has 0 bridgehead atoms. The van der Waals surface area contributed by atoms with Crippen LogP contribution in [0.1, 0.15) is 5.56 Å². The highest BCUT2D eigenvalue weighted by atomic mass is 35.5. The second-order valence-corrected chi connectivity index (χ2v) is 6.29. The van der Waals surface area contributed by atoms with Crippen LogP contribution in [0.2, 0.25) is 5.02 Å². The van der Waals surface area contributed by atoms with Gasteiger partial charge in [0.2, 0.25) is 0 Å². The van der Waals surface area contributed by atoms with Gasteiger partial charge in [0.15, 0.2) is 5.37 Å². The van der Waals surface area contributed by atoms with E-state index in [2.05, 4.69) is 5.32 Å². The molecule has 0 saturated carbocycles. The number of benzene rings is 2. The van der Waals surface area contributed by atoms with Gasteiger partial charge in [0.25, 0.3) is 11.1 Å². The van der Waals surface area contributed by atoms with Gasteiger partial charge in [-0.05, 0) is 48.5 Å². The van der Waals surface area contributed by atoms with Crippen LogP contribution in [0.15, 0.2) is 48.5 Å². The number of carbonyl (C=O) groups excluding carboxylic acids is 2. The number of imide groups is 1. The highest BCUT2D eigenvalue weighted by Crippen LogP contribution is 2.33. The van der Waals surface area contributed by atoms with Crippen molar-refractivity contribution in [1.82, 2.24) is 0 Å². The minimum absolute atomic E-state index is 0.277. The normalized spacial score (nSPS) is 17.9. The Labute approximate surface area is 137 Å². The van der Waals surface area contributed by atoms with Crippen LogP contribution in [0, 0.1) is 6.92 Å². The van der Waals surface area contributed by atoms with Gasteiger partial charge in [0.1, 0.15) is 0 Å². The molecule has 112 valence electrons. The first-order chi connectivity index (χ1) is 10.6. The maximum Gasteiger partial charge on any atom is 0.295 e. The average molecular weight is 333 g/mol. The quantitative estimate of drug-likeness (QED) is 0.911. The lowest BCUT2D eigenvalue weighted by Gasteiger charge is -2.16. The molecule has 1 heterocycles. The number of hydrogen-bond acceptors (Lipinski definition) is 4. The number of nitrogens with one attached hydrogen (secondary N) is 1. The highest BCUT2D eigenvalue weighted by molar-refractivity contribution is 8.16. The first-order valence-electron chi connectivity index (χ1n) is 6.69. The number of carbonyl (C=O) groups is 2. The first kappa shape index (κ1) is 14.9. The minimum Gasteiger partial charge on any atom is -0.365 e. The van der Waals surface area contributed by atoms with Gasteiger partial charge < -0.3 is 5.32 Å². The van der Waals surface area contributed by atoms with Crippen molar-refractivity contribution >= 4 is 45.9 Å². The highest BCUT2D eigenvalue weighted by Gasteiger charge is 2.40. The lowest BCUT2D eigenvalue weighted by molar-refractivity contribution is -0.116. The van der Waals surface area contributed by atoms with Crippen LogP contribution >= 0.6 is 23.4 Å². The Hall–Kier alpha value is -1.98. The summed E-state index contributed by atoms with van der Waals surface area (Å²) in [4.78, 5) is 25.8. The van der Waals surface area contributed by atoms with Gasteiger partial charge >= 0.3 is 0 Å². The zero-order chi connectivity index (χ0) is 15.7. The zero-order valence-corrected chi connectivity index (χ0v) is 13.3. The topological polar surface area (TPSA) is 49.4 Å². The fourth-order valence-corrected chi connectivity index (χ4v) is 3.29.